The Labute approximate surface area is 257 Å². The molecule has 3 N–H and O–H groups in total. The molecule has 0 spiro atoms. The van der Waals surface area contributed by atoms with Gasteiger partial charge in [0.15, 0.2) is 5.75 Å². The number of para-hydroxylation sites is 1. The molecule has 2 aromatic heterocycles. The second kappa shape index (κ2) is 12.9. The molecule has 43 heavy (non-hydrogen) atoms. The van der Waals surface area contributed by atoms with E-state index in [-0.39, 0.29) is 11.8 Å². The second-order valence-electron chi connectivity index (χ2n) is 11.2. The van der Waals surface area contributed by atoms with Crippen molar-refractivity contribution in [2.24, 2.45) is 0 Å². The first-order valence-corrected chi connectivity index (χ1v) is 14.8. The molecule has 3 aromatic rings. The average Bonchev–Trinajstić information content (AvgIpc) is 3.56. The summed E-state index contributed by atoms with van der Waals surface area (Å²) in [6.07, 6.45) is 10.2. The van der Waals surface area contributed by atoms with E-state index in [9.17, 15) is 9.59 Å². The molecule has 2 aliphatic heterocycles. The zero-order valence-electron chi connectivity index (χ0n) is 25.0. The van der Waals surface area contributed by atoms with Crippen LogP contribution in [-0.4, -0.2) is 78.0 Å². The average molecular weight is 601 g/mol. The number of ether oxygens (including phenoxy) is 1. The number of benzene rings is 1. The summed E-state index contributed by atoms with van der Waals surface area (Å²) < 4.78 is 5.57. The van der Waals surface area contributed by atoms with Crippen molar-refractivity contribution in [1.29, 1.82) is 0 Å². The first kappa shape index (κ1) is 30.2. The third kappa shape index (κ3) is 6.41. The van der Waals surface area contributed by atoms with E-state index in [0.29, 0.717) is 58.5 Å². The highest BCUT2D eigenvalue weighted by Crippen LogP contribution is 2.41. The van der Waals surface area contributed by atoms with Gasteiger partial charge in [0.05, 0.1) is 40.3 Å². The molecule has 0 bridgehead atoms. The number of anilines is 2. The lowest BCUT2D eigenvalue weighted by atomic mass is 9.97. The maximum absolute atomic E-state index is 13.1. The number of nitrogens with zero attached hydrogens (tertiary/aromatic N) is 3. The zero-order valence-corrected chi connectivity index (χ0v) is 25.8. The largest absolute Gasteiger partial charge is 0.493 e. The van der Waals surface area contributed by atoms with Crippen LogP contribution in [0.15, 0.2) is 48.8 Å². The lowest BCUT2D eigenvalue weighted by Gasteiger charge is -2.29. The lowest BCUT2D eigenvalue weighted by Crippen LogP contribution is -2.43. The molecule has 9 nitrogen and oxygen atoms in total. The SMILES string of the molecule is COc1c(Cl)cccc1Nc1c(-c2ccncc2C#C[C@@]2(C)CCCN2C(=O)/C=C/CCN(C)C)[nH]c2c1C(=O)NCC2. The lowest BCUT2D eigenvalue weighted by molar-refractivity contribution is -0.128. The molecule has 4 heterocycles. The number of fused-ring (bicyclic) bond motifs is 1. The molecule has 0 saturated carbocycles. The van der Waals surface area contributed by atoms with Gasteiger partial charge >= 0.3 is 0 Å². The van der Waals surface area contributed by atoms with Crippen molar-refractivity contribution in [1.82, 2.24) is 25.1 Å². The van der Waals surface area contributed by atoms with Crippen LogP contribution in [-0.2, 0) is 11.2 Å². The fourth-order valence-corrected chi connectivity index (χ4v) is 5.87. The van der Waals surface area contributed by atoms with E-state index in [0.717, 1.165) is 37.1 Å². The number of carbonyl (C=O) groups is 2. The summed E-state index contributed by atoms with van der Waals surface area (Å²) in [5.74, 6) is 7.04. The minimum Gasteiger partial charge on any atom is -0.493 e. The number of carbonyl (C=O) groups excluding carboxylic acids is 2. The number of methoxy groups -OCH3 is 1. The van der Waals surface area contributed by atoms with E-state index in [1.807, 2.05) is 50.2 Å². The Kier molecular flexibility index (Phi) is 9.09. The summed E-state index contributed by atoms with van der Waals surface area (Å²) in [6, 6.07) is 7.30. The van der Waals surface area contributed by atoms with E-state index < -0.39 is 5.54 Å². The van der Waals surface area contributed by atoms with E-state index in [1.165, 1.54) is 0 Å². The van der Waals surface area contributed by atoms with Crippen molar-refractivity contribution in [2.75, 3.05) is 46.2 Å². The Morgan fingerprint density at radius 2 is 2.16 bits per heavy atom. The maximum Gasteiger partial charge on any atom is 0.255 e. The molecular weight excluding hydrogens is 564 g/mol. The number of rotatable bonds is 8. The third-order valence-electron chi connectivity index (χ3n) is 7.86. The van der Waals surface area contributed by atoms with Crippen LogP contribution in [0.3, 0.4) is 0 Å². The monoisotopic (exact) mass is 600 g/mol. The standard InChI is InChI=1S/C33H37ClN6O3/c1-33(15-8-20-40(33)27(41)11-5-6-19-39(2)3)16-12-22-21-35-17-13-23(22)29-30(28-25(37-29)14-18-36-32(28)42)38-26-10-7-9-24(34)31(26)43-4/h5,7,9-11,13,17,21,37-38H,6,8,14-15,18-20H2,1-4H3,(H,36,42)/b11-5+/t33-/m1/s1. The molecule has 224 valence electrons. The number of aromatic amines is 1. The molecule has 2 aliphatic rings. The molecule has 1 saturated heterocycles. The van der Waals surface area contributed by atoms with Crippen molar-refractivity contribution in [3.8, 4) is 28.8 Å². The molecule has 0 radical (unpaired) electrons. The van der Waals surface area contributed by atoms with Crippen molar-refractivity contribution in [3.05, 3.63) is 70.7 Å². The number of aromatic nitrogens is 2. The number of halogens is 1. The Bertz CT molecular complexity index is 1620. The van der Waals surface area contributed by atoms with E-state index in [1.54, 1.807) is 31.6 Å². The van der Waals surface area contributed by atoms with Crippen molar-refractivity contribution in [2.45, 2.75) is 38.1 Å². The van der Waals surface area contributed by atoms with Gasteiger partial charge in [0.2, 0.25) is 5.91 Å². The molecule has 10 heteroatoms. The van der Waals surface area contributed by atoms with E-state index >= 15 is 0 Å². The summed E-state index contributed by atoms with van der Waals surface area (Å²) in [4.78, 5) is 38.0. The molecule has 5 rings (SSSR count). The van der Waals surface area contributed by atoms with Crippen LogP contribution in [0.2, 0.25) is 5.02 Å². The van der Waals surface area contributed by atoms with Gasteiger partial charge in [-0.1, -0.05) is 35.6 Å². The molecule has 1 atom stereocenters. The van der Waals surface area contributed by atoms with Crippen LogP contribution in [0.4, 0.5) is 11.4 Å². The molecule has 0 unspecified atom stereocenters. The number of amides is 2. The smallest absolute Gasteiger partial charge is 0.255 e. The summed E-state index contributed by atoms with van der Waals surface area (Å²) in [6.45, 7) is 4.11. The fourth-order valence-electron chi connectivity index (χ4n) is 5.62. The van der Waals surface area contributed by atoms with Crippen LogP contribution in [0.25, 0.3) is 11.3 Å². The van der Waals surface area contributed by atoms with Gasteiger partial charge in [-0.15, -0.1) is 0 Å². The first-order valence-electron chi connectivity index (χ1n) is 14.4. The molecule has 2 amide bonds. The Balaban J connectivity index is 1.52. The Morgan fingerprint density at radius 1 is 1.33 bits per heavy atom. The molecule has 1 aromatic carbocycles. The van der Waals surface area contributed by atoms with Crippen LogP contribution < -0.4 is 15.4 Å². The number of pyridine rings is 1. The van der Waals surface area contributed by atoms with Crippen molar-refractivity contribution in [3.63, 3.8) is 0 Å². The number of nitrogens with one attached hydrogen (secondary N) is 3. The summed E-state index contributed by atoms with van der Waals surface area (Å²) >= 11 is 6.41. The van der Waals surface area contributed by atoms with Crippen LogP contribution in [0.5, 0.6) is 5.75 Å². The number of likely N-dealkylation sites (tertiary alicyclic amines) is 1. The molecule has 1 fully saturated rings. The summed E-state index contributed by atoms with van der Waals surface area (Å²) in [7, 11) is 5.58. The number of hydrogen-bond acceptors (Lipinski definition) is 6. The second-order valence-corrected chi connectivity index (χ2v) is 11.6. The highest BCUT2D eigenvalue weighted by molar-refractivity contribution is 6.32. The summed E-state index contributed by atoms with van der Waals surface area (Å²) in [5.41, 5.74) is 4.18. The zero-order chi connectivity index (χ0) is 30.6. The molecular formula is C33H37ClN6O3. The number of hydrogen-bond donors (Lipinski definition) is 3. The van der Waals surface area contributed by atoms with Gasteiger partial charge in [0.25, 0.3) is 5.91 Å². The predicted octanol–water partition coefficient (Wildman–Crippen LogP) is 5.01. The predicted molar refractivity (Wildman–Crippen MR) is 170 cm³/mol. The fraction of sp³-hybridized carbons (Fsp3) is 0.364. The normalized spacial score (nSPS) is 17.9. The number of H-pyrrole nitrogens is 1. The third-order valence-corrected chi connectivity index (χ3v) is 8.16. The minimum absolute atomic E-state index is 0.0236. The highest BCUT2D eigenvalue weighted by Gasteiger charge is 2.37. The first-order chi connectivity index (χ1) is 20.7. The Hall–Kier alpha value is -4.26. The summed E-state index contributed by atoms with van der Waals surface area (Å²) in [5, 5.41) is 6.82. The highest BCUT2D eigenvalue weighted by atomic mass is 35.5. The van der Waals surface area contributed by atoms with Crippen LogP contribution >= 0.6 is 11.6 Å². The van der Waals surface area contributed by atoms with E-state index in [2.05, 4.69) is 37.3 Å². The Morgan fingerprint density at radius 3 is 2.95 bits per heavy atom. The van der Waals surface area contributed by atoms with Gasteiger partial charge in [-0.05, 0) is 64.6 Å². The van der Waals surface area contributed by atoms with E-state index in [4.69, 9.17) is 16.3 Å². The van der Waals surface area contributed by atoms with Crippen LogP contribution in [0.1, 0.15) is 47.8 Å². The van der Waals surface area contributed by atoms with Crippen molar-refractivity contribution >= 4 is 34.8 Å². The van der Waals surface area contributed by atoms with Gasteiger partial charge in [-0.25, -0.2) is 0 Å². The van der Waals surface area contributed by atoms with Gasteiger partial charge in [-0.2, -0.15) is 0 Å². The van der Waals surface area contributed by atoms with Gasteiger partial charge in [-0.3, -0.25) is 14.6 Å². The van der Waals surface area contributed by atoms with Gasteiger partial charge < -0.3 is 30.2 Å². The maximum atomic E-state index is 13.1. The quantitative estimate of drug-likeness (QED) is 0.248. The molecule has 0 aliphatic carbocycles. The van der Waals surface area contributed by atoms with Crippen LogP contribution in [0, 0.1) is 11.8 Å². The minimum atomic E-state index is -0.611. The van der Waals surface area contributed by atoms with Gasteiger partial charge in [0.1, 0.15) is 5.54 Å². The van der Waals surface area contributed by atoms with Gasteiger partial charge in [0, 0.05) is 49.7 Å². The topological polar surface area (TPSA) is 103 Å². The van der Waals surface area contributed by atoms with Crippen molar-refractivity contribution < 1.29 is 14.3 Å².